The molecule has 0 aliphatic heterocycles. The number of hydrogen-bond donors (Lipinski definition) is 1. The van der Waals surface area contributed by atoms with E-state index >= 15 is 0 Å². The van der Waals surface area contributed by atoms with Crippen molar-refractivity contribution in [2.45, 2.75) is 6.92 Å². The summed E-state index contributed by atoms with van der Waals surface area (Å²) in [5, 5.41) is 0. The van der Waals surface area contributed by atoms with Crippen molar-refractivity contribution in [1.82, 2.24) is 4.98 Å². The molecule has 0 saturated heterocycles. The van der Waals surface area contributed by atoms with Crippen molar-refractivity contribution in [2.75, 3.05) is 11.9 Å². The second kappa shape index (κ2) is 5.14. The third kappa shape index (κ3) is 2.49. The summed E-state index contributed by atoms with van der Waals surface area (Å²) in [5.74, 6) is 0. The maximum atomic E-state index is 5.75. The molecule has 1 aromatic heterocycles. The summed E-state index contributed by atoms with van der Waals surface area (Å²) in [5.41, 5.74) is 9.67. The standard InChI is InChI=1S/C14H15N3S/c1-10-9-11(7-8-16-10)17(2)13-6-4-3-5-12(13)14(15)18/h3-9H,1-2H3,(H2,15,18). The zero-order valence-electron chi connectivity index (χ0n) is 10.4. The Balaban J connectivity index is 2.46. The van der Waals surface area contributed by atoms with Crippen LogP contribution in [0.2, 0.25) is 0 Å². The van der Waals surface area contributed by atoms with Gasteiger partial charge < -0.3 is 10.6 Å². The van der Waals surface area contributed by atoms with Gasteiger partial charge in [0.1, 0.15) is 4.99 Å². The molecule has 1 heterocycles. The first-order chi connectivity index (χ1) is 8.59. The molecule has 0 fully saturated rings. The Bertz CT molecular complexity index is 581. The molecule has 0 atom stereocenters. The van der Waals surface area contributed by atoms with Crippen LogP contribution in [0.3, 0.4) is 0 Å². The molecule has 92 valence electrons. The van der Waals surface area contributed by atoms with E-state index in [1.165, 1.54) is 0 Å². The van der Waals surface area contributed by atoms with E-state index in [1.54, 1.807) is 6.20 Å². The molecule has 18 heavy (non-hydrogen) atoms. The van der Waals surface area contributed by atoms with Crippen LogP contribution in [0, 0.1) is 6.92 Å². The van der Waals surface area contributed by atoms with E-state index in [-0.39, 0.29) is 0 Å². The van der Waals surface area contributed by atoms with Crippen molar-refractivity contribution in [3.63, 3.8) is 0 Å². The quantitative estimate of drug-likeness (QED) is 0.859. The molecule has 0 radical (unpaired) electrons. The van der Waals surface area contributed by atoms with Gasteiger partial charge in [0.2, 0.25) is 0 Å². The highest BCUT2D eigenvalue weighted by Crippen LogP contribution is 2.26. The number of hydrogen-bond acceptors (Lipinski definition) is 3. The maximum Gasteiger partial charge on any atom is 0.106 e. The van der Waals surface area contributed by atoms with Crippen molar-refractivity contribution >= 4 is 28.6 Å². The minimum Gasteiger partial charge on any atom is -0.389 e. The molecule has 0 bridgehead atoms. The first-order valence-electron chi connectivity index (χ1n) is 5.65. The predicted molar refractivity (Wildman–Crippen MR) is 79.4 cm³/mol. The van der Waals surface area contributed by atoms with Crippen molar-refractivity contribution in [3.8, 4) is 0 Å². The van der Waals surface area contributed by atoms with Crippen LogP contribution in [0.5, 0.6) is 0 Å². The predicted octanol–water partition coefficient (Wildman–Crippen LogP) is 2.79. The largest absolute Gasteiger partial charge is 0.389 e. The van der Waals surface area contributed by atoms with Gasteiger partial charge in [-0.05, 0) is 31.2 Å². The number of para-hydroxylation sites is 1. The van der Waals surface area contributed by atoms with Crippen LogP contribution in [0.15, 0.2) is 42.6 Å². The van der Waals surface area contributed by atoms with Crippen molar-refractivity contribution in [1.29, 1.82) is 0 Å². The number of thiocarbonyl (C=S) groups is 1. The molecular formula is C14H15N3S. The summed E-state index contributed by atoms with van der Waals surface area (Å²) in [6.45, 7) is 1.97. The third-order valence-corrected chi connectivity index (χ3v) is 3.02. The van der Waals surface area contributed by atoms with Crippen LogP contribution < -0.4 is 10.6 Å². The van der Waals surface area contributed by atoms with Crippen molar-refractivity contribution in [3.05, 3.63) is 53.9 Å². The number of anilines is 2. The molecule has 0 spiro atoms. The zero-order chi connectivity index (χ0) is 13.1. The Morgan fingerprint density at radius 1 is 1.28 bits per heavy atom. The second-order valence-electron chi connectivity index (χ2n) is 4.10. The van der Waals surface area contributed by atoms with Gasteiger partial charge in [0.15, 0.2) is 0 Å². The van der Waals surface area contributed by atoms with Gasteiger partial charge in [-0.2, -0.15) is 0 Å². The molecule has 1 aromatic carbocycles. The SMILES string of the molecule is Cc1cc(N(C)c2ccccc2C(N)=S)ccn1. The normalized spacial score (nSPS) is 10.1. The van der Waals surface area contributed by atoms with E-state index in [1.807, 2.05) is 50.4 Å². The highest BCUT2D eigenvalue weighted by molar-refractivity contribution is 7.80. The molecule has 4 heteroatoms. The van der Waals surface area contributed by atoms with Gasteiger partial charge in [0, 0.05) is 30.2 Å². The van der Waals surface area contributed by atoms with Crippen molar-refractivity contribution in [2.24, 2.45) is 5.73 Å². The fourth-order valence-electron chi connectivity index (χ4n) is 1.85. The highest BCUT2D eigenvalue weighted by Gasteiger charge is 2.10. The number of nitrogens with zero attached hydrogens (tertiary/aromatic N) is 2. The first kappa shape index (κ1) is 12.5. The van der Waals surface area contributed by atoms with Gasteiger partial charge in [-0.15, -0.1) is 0 Å². The number of nitrogens with two attached hydrogens (primary N) is 1. The number of rotatable bonds is 3. The number of aryl methyl sites for hydroxylation is 1. The van der Waals surface area contributed by atoms with Gasteiger partial charge in [-0.3, -0.25) is 4.98 Å². The smallest absolute Gasteiger partial charge is 0.106 e. The second-order valence-corrected chi connectivity index (χ2v) is 4.54. The van der Waals surface area contributed by atoms with Gasteiger partial charge in [0.25, 0.3) is 0 Å². The Labute approximate surface area is 112 Å². The lowest BCUT2D eigenvalue weighted by molar-refractivity contribution is 1.14. The Morgan fingerprint density at radius 3 is 2.67 bits per heavy atom. The zero-order valence-corrected chi connectivity index (χ0v) is 11.2. The van der Waals surface area contributed by atoms with Gasteiger partial charge in [0.05, 0.1) is 5.69 Å². The number of benzene rings is 1. The molecule has 0 amide bonds. The summed E-state index contributed by atoms with van der Waals surface area (Å²) in [6.07, 6.45) is 1.80. The molecule has 0 aliphatic carbocycles. The molecule has 2 aromatic rings. The van der Waals surface area contributed by atoms with E-state index < -0.39 is 0 Å². The molecule has 0 aliphatic rings. The fourth-order valence-corrected chi connectivity index (χ4v) is 2.03. The topological polar surface area (TPSA) is 42.1 Å². The Kier molecular flexibility index (Phi) is 3.58. The lowest BCUT2D eigenvalue weighted by atomic mass is 10.1. The number of aromatic nitrogens is 1. The average Bonchev–Trinajstić information content (AvgIpc) is 2.38. The molecule has 0 unspecified atom stereocenters. The van der Waals surface area contributed by atoms with Gasteiger partial charge in [-0.1, -0.05) is 24.4 Å². The van der Waals surface area contributed by atoms with Crippen LogP contribution in [0.4, 0.5) is 11.4 Å². The van der Waals surface area contributed by atoms with E-state index in [4.69, 9.17) is 18.0 Å². The molecular weight excluding hydrogens is 242 g/mol. The summed E-state index contributed by atoms with van der Waals surface area (Å²) in [4.78, 5) is 6.66. The van der Waals surface area contributed by atoms with E-state index in [2.05, 4.69) is 9.88 Å². The monoisotopic (exact) mass is 257 g/mol. The Morgan fingerprint density at radius 2 is 2.00 bits per heavy atom. The van der Waals surface area contributed by atoms with Crippen LogP contribution in [0.25, 0.3) is 0 Å². The summed E-state index contributed by atoms with van der Waals surface area (Å²) < 4.78 is 0. The lowest BCUT2D eigenvalue weighted by Crippen LogP contribution is -2.17. The maximum absolute atomic E-state index is 5.75. The van der Waals surface area contributed by atoms with Crippen LogP contribution >= 0.6 is 12.2 Å². The van der Waals surface area contributed by atoms with E-state index in [0.717, 1.165) is 22.6 Å². The molecule has 2 rings (SSSR count). The third-order valence-electron chi connectivity index (χ3n) is 2.80. The summed E-state index contributed by atoms with van der Waals surface area (Å²) in [6, 6.07) is 11.8. The van der Waals surface area contributed by atoms with Crippen LogP contribution in [-0.4, -0.2) is 17.0 Å². The minimum atomic E-state index is 0.406. The first-order valence-corrected chi connectivity index (χ1v) is 6.05. The van der Waals surface area contributed by atoms with Gasteiger partial charge >= 0.3 is 0 Å². The molecule has 3 nitrogen and oxygen atoms in total. The lowest BCUT2D eigenvalue weighted by Gasteiger charge is -2.22. The van der Waals surface area contributed by atoms with E-state index in [9.17, 15) is 0 Å². The van der Waals surface area contributed by atoms with Crippen LogP contribution in [0.1, 0.15) is 11.3 Å². The summed E-state index contributed by atoms with van der Waals surface area (Å²) >= 11 is 5.08. The Hall–Kier alpha value is -1.94. The molecule has 0 saturated carbocycles. The fraction of sp³-hybridized carbons (Fsp3) is 0.143. The molecule has 2 N–H and O–H groups in total. The highest BCUT2D eigenvalue weighted by atomic mass is 32.1. The average molecular weight is 257 g/mol. The van der Waals surface area contributed by atoms with E-state index in [0.29, 0.717) is 4.99 Å². The summed E-state index contributed by atoms with van der Waals surface area (Å²) in [7, 11) is 1.99. The van der Waals surface area contributed by atoms with Crippen molar-refractivity contribution < 1.29 is 0 Å². The number of pyridine rings is 1. The van der Waals surface area contributed by atoms with Gasteiger partial charge in [-0.25, -0.2) is 0 Å². The van der Waals surface area contributed by atoms with Crippen LogP contribution in [-0.2, 0) is 0 Å². The minimum absolute atomic E-state index is 0.406.